The van der Waals surface area contributed by atoms with Crippen LogP contribution in [0.1, 0.15) is 45.3 Å². The summed E-state index contributed by atoms with van der Waals surface area (Å²) >= 11 is 0. The van der Waals surface area contributed by atoms with E-state index in [2.05, 4.69) is 31.2 Å². The van der Waals surface area contributed by atoms with Crippen LogP contribution in [-0.4, -0.2) is 54.4 Å². The van der Waals surface area contributed by atoms with Crippen LogP contribution in [0.15, 0.2) is 72.9 Å². The highest BCUT2D eigenvalue weighted by Crippen LogP contribution is 2.28. The lowest BCUT2D eigenvalue weighted by molar-refractivity contribution is 0.0939. The third kappa shape index (κ3) is 8.59. The van der Waals surface area contributed by atoms with Gasteiger partial charge in [-0.1, -0.05) is 24.3 Å². The summed E-state index contributed by atoms with van der Waals surface area (Å²) in [4.78, 5) is 33.7. The Kier molecular flexibility index (Phi) is 10.4. The first-order valence-corrected chi connectivity index (χ1v) is 13.8. The molecular weight excluding hydrogens is 548 g/mol. The van der Waals surface area contributed by atoms with Crippen LogP contribution in [-0.2, 0) is 0 Å². The maximum Gasteiger partial charge on any atom is 0.404 e. The van der Waals surface area contributed by atoms with E-state index < -0.39 is 12.1 Å². The van der Waals surface area contributed by atoms with Gasteiger partial charge in [0.15, 0.2) is 5.69 Å². The Morgan fingerprint density at radius 1 is 0.884 bits per heavy atom. The van der Waals surface area contributed by atoms with Gasteiger partial charge in [-0.2, -0.15) is 0 Å². The first kappa shape index (κ1) is 30.6. The second kappa shape index (κ2) is 14.5. The fourth-order valence-electron chi connectivity index (χ4n) is 4.55. The number of carboxylic acid groups (broad SMARTS) is 1. The Bertz CT molecular complexity index is 1480. The molecule has 0 unspecified atom stereocenters. The van der Waals surface area contributed by atoms with Crippen molar-refractivity contribution in [3.8, 4) is 11.5 Å². The number of anilines is 3. The molecule has 0 saturated carbocycles. The van der Waals surface area contributed by atoms with Crippen LogP contribution in [0, 0.1) is 13.8 Å². The van der Waals surface area contributed by atoms with Gasteiger partial charge in [0.1, 0.15) is 17.3 Å². The number of nitrogens with one attached hydrogen (secondary N) is 4. The molecule has 11 heteroatoms. The predicted molar refractivity (Wildman–Crippen MR) is 166 cm³/mol. The number of hydrogen-bond donors (Lipinski definition) is 5. The average molecular weight is 585 g/mol. The third-order valence-corrected chi connectivity index (χ3v) is 6.60. The first-order valence-electron chi connectivity index (χ1n) is 13.8. The topological polar surface area (TPSA) is 147 Å². The molecule has 0 spiro atoms. The van der Waals surface area contributed by atoms with Gasteiger partial charge in [-0.25, -0.2) is 14.8 Å². The monoisotopic (exact) mass is 584 g/mol. The summed E-state index contributed by atoms with van der Waals surface area (Å²) in [7, 11) is 3.21. The molecular formula is C32H36N6O5. The molecule has 0 atom stereocenters. The van der Waals surface area contributed by atoms with Crippen LogP contribution >= 0.6 is 0 Å². The van der Waals surface area contributed by atoms with E-state index in [0.717, 1.165) is 22.4 Å². The molecule has 0 aliphatic heterocycles. The highest BCUT2D eigenvalue weighted by molar-refractivity contribution is 5.99. The van der Waals surface area contributed by atoms with E-state index >= 15 is 0 Å². The molecule has 0 aliphatic rings. The maximum absolute atomic E-state index is 13.9. The van der Waals surface area contributed by atoms with Gasteiger partial charge in [-0.05, 0) is 79.4 Å². The number of carbonyl (C=O) groups is 2. The minimum atomic E-state index is -1.06. The van der Waals surface area contributed by atoms with E-state index in [4.69, 9.17) is 14.6 Å². The average Bonchev–Trinajstić information content (AvgIpc) is 2.99. The minimum absolute atomic E-state index is 0.186. The smallest absolute Gasteiger partial charge is 0.404 e. The Balaban J connectivity index is 1.65. The van der Waals surface area contributed by atoms with E-state index in [9.17, 15) is 9.59 Å². The van der Waals surface area contributed by atoms with E-state index in [1.165, 1.54) is 0 Å². The number of methoxy groups -OCH3 is 2. The second-order valence-electron chi connectivity index (χ2n) is 9.88. The molecule has 2 aromatic heterocycles. The molecule has 0 fully saturated rings. The molecule has 2 aromatic carbocycles. The zero-order valence-electron chi connectivity index (χ0n) is 24.6. The summed E-state index contributed by atoms with van der Waals surface area (Å²) in [6.07, 6.45) is 1.09. The van der Waals surface area contributed by atoms with Gasteiger partial charge in [-0.15, -0.1) is 0 Å². The van der Waals surface area contributed by atoms with Crippen molar-refractivity contribution in [3.05, 3.63) is 101 Å². The predicted octanol–water partition coefficient (Wildman–Crippen LogP) is 5.44. The summed E-state index contributed by atoms with van der Waals surface area (Å²) < 4.78 is 10.6. The number of rotatable bonds is 13. The Hall–Kier alpha value is -5.32. The summed E-state index contributed by atoms with van der Waals surface area (Å²) in [5.74, 6) is 1.61. The first-order chi connectivity index (χ1) is 20.7. The van der Waals surface area contributed by atoms with Crippen LogP contribution < -0.4 is 30.7 Å². The van der Waals surface area contributed by atoms with Crippen LogP contribution in [0.25, 0.3) is 0 Å². The fraction of sp³-hybridized carbons (Fsp3) is 0.250. The van der Waals surface area contributed by atoms with Crippen molar-refractivity contribution < 1.29 is 24.2 Å². The van der Waals surface area contributed by atoms with Gasteiger partial charge in [0, 0.05) is 18.8 Å². The SMILES string of the molecule is COc1ccc(C(NC(=O)c2ncc(NCCCNC(=O)O)cc2Nc2cc(C)cc(C)n2)c2ccc(OC)cc2)cc1. The number of hydrogen-bond acceptors (Lipinski definition) is 8. The second-order valence-corrected chi connectivity index (χ2v) is 9.88. The minimum Gasteiger partial charge on any atom is -0.497 e. The van der Waals surface area contributed by atoms with Crippen molar-refractivity contribution in [3.63, 3.8) is 0 Å². The number of aryl methyl sites for hydroxylation is 2. The number of pyridine rings is 2. The van der Waals surface area contributed by atoms with Crippen LogP contribution in [0.5, 0.6) is 11.5 Å². The van der Waals surface area contributed by atoms with Crippen molar-refractivity contribution in [2.24, 2.45) is 0 Å². The quantitative estimate of drug-likeness (QED) is 0.130. The van der Waals surface area contributed by atoms with Crippen molar-refractivity contribution >= 4 is 29.2 Å². The molecule has 4 aromatic rings. The molecule has 0 saturated heterocycles. The van der Waals surface area contributed by atoms with Gasteiger partial charge in [0.05, 0.1) is 37.8 Å². The molecule has 2 heterocycles. The third-order valence-electron chi connectivity index (χ3n) is 6.60. The molecule has 43 heavy (non-hydrogen) atoms. The summed E-state index contributed by atoms with van der Waals surface area (Å²) in [5, 5.41) is 20.8. The summed E-state index contributed by atoms with van der Waals surface area (Å²) in [6, 6.07) is 20.2. The number of nitrogens with zero attached hydrogens (tertiary/aromatic N) is 2. The van der Waals surface area contributed by atoms with Crippen LogP contribution in [0.3, 0.4) is 0 Å². The van der Waals surface area contributed by atoms with Crippen molar-refractivity contribution in [1.29, 1.82) is 0 Å². The highest BCUT2D eigenvalue weighted by atomic mass is 16.5. The van der Waals surface area contributed by atoms with Gasteiger partial charge in [0.2, 0.25) is 0 Å². The highest BCUT2D eigenvalue weighted by Gasteiger charge is 2.22. The lowest BCUT2D eigenvalue weighted by Gasteiger charge is -2.21. The Morgan fingerprint density at radius 2 is 1.51 bits per heavy atom. The molecule has 0 bridgehead atoms. The normalized spacial score (nSPS) is 10.6. The largest absolute Gasteiger partial charge is 0.497 e. The van der Waals surface area contributed by atoms with E-state index in [-0.39, 0.29) is 11.6 Å². The van der Waals surface area contributed by atoms with E-state index in [1.54, 1.807) is 26.5 Å². The van der Waals surface area contributed by atoms with Crippen molar-refractivity contribution in [2.75, 3.05) is 37.9 Å². The van der Waals surface area contributed by atoms with Crippen molar-refractivity contribution in [1.82, 2.24) is 20.6 Å². The number of ether oxygens (including phenoxy) is 2. The van der Waals surface area contributed by atoms with E-state index in [0.29, 0.717) is 48.2 Å². The molecule has 11 nitrogen and oxygen atoms in total. The molecule has 2 amide bonds. The standard InChI is InChI=1S/C32H36N6O5/c1-20-16-21(2)36-28(17-20)37-27-18-24(33-14-5-15-34-32(40)41)19-35-30(27)31(39)38-29(22-6-10-25(42-3)11-7-22)23-8-12-26(43-4)13-9-23/h6-13,16-19,29,33-34H,5,14-15H2,1-4H3,(H,36,37)(H,38,39)(H,40,41). The lowest BCUT2D eigenvalue weighted by Crippen LogP contribution is -2.30. The Morgan fingerprint density at radius 3 is 2.07 bits per heavy atom. The van der Waals surface area contributed by atoms with Gasteiger partial charge in [0.25, 0.3) is 5.91 Å². The molecule has 4 rings (SSSR count). The van der Waals surface area contributed by atoms with Gasteiger partial charge >= 0.3 is 6.09 Å². The number of amides is 2. The van der Waals surface area contributed by atoms with E-state index in [1.807, 2.05) is 74.5 Å². The zero-order chi connectivity index (χ0) is 30.8. The molecule has 224 valence electrons. The maximum atomic E-state index is 13.9. The lowest BCUT2D eigenvalue weighted by atomic mass is 9.98. The molecule has 0 radical (unpaired) electrons. The zero-order valence-corrected chi connectivity index (χ0v) is 24.6. The van der Waals surface area contributed by atoms with Crippen LogP contribution in [0.2, 0.25) is 0 Å². The van der Waals surface area contributed by atoms with Crippen LogP contribution in [0.4, 0.5) is 22.0 Å². The van der Waals surface area contributed by atoms with Gasteiger partial charge in [-0.3, -0.25) is 4.79 Å². The van der Waals surface area contributed by atoms with Crippen molar-refractivity contribution in [2.45, 2.75) is 26.3 Å². The number of aromatic nitrogens is 2. The molecule has 5 N–H and O–H groups in total. The number of carbonyl (C=O) groups excluding carboxylic acids is 1. The van der Waals surface area contributed by atoms with Gasteiger partial charge < -0.3 is 35.8 Å². The summed E-state index contributed by atoms with van der Waals surface area (Å²) in [5.41, 5.74) is 4.89. The Labute approximate surface area is 250 Å². The molecule has 0 aliphatic carbocycles. The fourth-order valence-corrected chi connectivity index (χ4v) is 4.55. The number of benzene rings is 2. The summed E-state index contributed by atoms with van der Waals surface area (Å²) in [6.45, 7) is 4.70.